The molecule has 6 nitrogen and oxygen atoms in total. The molecule has 4 rings (SSSR count). The number of ether oxygens (including phenoxy) is 1. The third-order valence-electron chi connectivity index (χ3n) is 4.28. The fourth-order valence-electron chi connectivity index (χ4n) is 3.14. The van der Waals surface area contributed by atoms with Crippen LogP contribution in [0.25, 0.3) is 10.8 Å². The van der Waals surface area contributed by atoms with E-state index >= 15 is 0 Å². The van der Waals surface area contributed by atoms with E-state index in [2.05, 4.69) is 10.3 Å². The van der Waals surface area contributed by atoms with Crippen molar-refractivity contribution in [1.82, 2.24) is 4.98 Å². The number of hydrogen-bond donors (Lipinski definition) is 1. The molecule has 1 N–H and O–H groups in total. The summed E-state index contributed by atoms with van der Waals surface area (Å²) in [6.07, 6.45) is 4.02. The predicted octanol–water partition coefficient (Wildman–Crippen LogP) is 4.08. The molecule has 0 saturated carbocycles. The number of fused-ring (bicyclic) bond motifs is 2. The van der Waals surface area contributed by atoms with Gasteiger partial charge in [-0.15, -0.1) is 0 Å². The molecule has 24 heavy (non-hydrogen) atoms. The molecule has 0 fully saturated rings. The zero-order valence-corrected chi connectivity index (χ0v) is 12.8. The van der Waals surface area contributed by atoms with Crippen molar-refractivity contribution < 1.29 is 9.66 Å². The molecule has 0 saturated heterocycles. The maximum absolute atomic E-state index is 11.2. The van der Waals surface area contributed by atoms with Gasteiger partial charge in [0.05, 0.1) is 23.0 Å². The summed E-state index contributed by atoms with van der Waals surface area (Å²) in [4.78, 5) is 14.9. The fraction of sp³-hybridized carbons (Fsp3) is 0.167. The Morgan fingerprint density at radius 2 is 2.04 bits per heavy atom. The molecule has 1 aliphatic rings. The molecule has 0 bridgehead atoms. The van der Waals surface area contributed by atoms with E-state index in [4.69, 9.17) is 4.74 Å². The molecule has 0 aliphatic carbocycles. The van der Waals surface area contributed by atoms with Crippen LogP contribution in [0.5, 0.6) is 5.75 Å². The number of nitrogens with zero attached hydrogens (tertiary/aromatic N) is 2. The SMILES string of the molecule is O=[N+]([O-])c1ccc(NC2CCOc3ccccc32)c2ccncc12. The van der Waals surface area contributed by atoms with Gasteiger partial charge in [-0.2, -0.15) is 0 Å². The second-order valence-electron chi connectivity index (χ2n) is 5.68. The number of rotatable bonds is 3. The minimum absolute atomic E-state index is 0.0658. The highest BCUT2D eigenvalue weighted by atomic mass is 16.6. The predicted molar refractivity (Wildman–Crippen MR) is 91.3 cm³/mol. The van der Waals surface area contributed by atoms with Crippen LogP contribution in [0.3, 0.4) is 0 Å². The smallest absolute Gasteiger partial charge is 0.278 e. The van der Waals surface area contributed by atoms with E-state index in [0.717, 1.165) is 28.8 Å². The van der Waals surface area contributed by atoms with Crippen molar-refractivity contribution in [2.24, 2.45) is 0 Å². The van der Waals surface area contributed by atoms with Crippen LogP contribution in [0.1, 0.15) is 18.0 Å². The van der Waals surface area contributed by atoms with Crippen molar-refractivity contribution in [3.05, 3.63) is 70.5 Å². The Morgan fingerprint density at radius 3 is 2.92 bits per heavy atom. The fourth-order valence-corrected chi connectivity index (χ4v) is 3.14. The van der Waals surface area contributed by atoms with Gasteiger partial charge in [-0.1, -0.05) is 18.2 Å². The van der Waals surface area contributed by atoms with Gasteiger partial charge in [0.1, 0.15) is 5.75 Å². The molecular weight excluding hydrogens is 306 g/mol. The van der Waals surface area contributed by atoms with E-state index in [0.29, 0.717) is 12.0 Å². The second kappa shape index (κ2) is 5.81. The Morgan fingerprint density at radius 1 is 1.17 bits per heavy atom. The van der Waals surface area contributed by atoms with E-state index in [-0.39, 0.29) is 16.7 Å². The molecule has 0 spiro atoms. The number of aromatic nitrogens is 1. The maximum atomic E-state index is 11.2. The Hall–Kier alpha value is -3.15. The van der Waals surface area contributed by atoms with Gasteiger partial charge in [-0.3, -0.25) is 15.1 Å². The summed E-state index contributed by atoms with van der Waals surface area (Å²) in [6, 6.07) is 13.1. The molecule has 1 unspecified atom stereocenters. The number of anilines is 1. The van der Waals surface area contributed by atoms with E-state index in [1.807, 2.05) is 24.3 Å². The van der Waals surface area contributed by atoms with Gasteiger partial charge in [0.15, 0.2) is 0 Å². The Balaban J connectivity index is 1.77. The third kappa shape index (κ3) is 2.42. The van der Waals surface area contributed by atoms with Crippen molar-refractivity contribution in [2.45, 2.75) is 12.5 Å². The first-order valence-corrected chi connectivity index (χ1v) is 7.73. The molecule has 3 aromatic rings. The molecule has 1 aromatic heterocycles. The van der Waals surface area contributed by atoms with Crippen molar-refractivity contribution in [3.63, 3.8) is 0 Å². The van der Waals surface area contributed by atoms with Gasteiger partial charge in [0.25, 0.3) is 5.69 Å². The number of hydrogen-bond acceptors (Lipinski definition) is 5. The topological polar surface area (TPSA) is 77.3 Å². The lowest BCUT2D eigenvalue weighted by Crippen LogP contribution is -2.20. The molecule has 2 heterocycles. The summed E-state index contributed by atoms with van der Waals surface area (Å²) >= 11 is 0. The van der Waals surface area contributed by atoms with Gasteiger partial charge >= 0.3 is 0 Å². The van der Waals surface area contributed by atoms with Crippen LogP contribution in [0.15, 0.2) is 54.9 Å². The number of pyridine rings is 1. The molecule has 120 valence electrons. The zero-order chi connectivity index (χ0) is 16.5. The average Bonchev–Trinajstić information content (AvgIpc) is 2.62. The quantitative estimate of drug-likeness (QED) is 0.581. The normalized spacial score (nSPS) is 16.2. The third-order valence-corrected chi connectivity index (χ3v) is 4.28. The number of benzene rings is 2. The van der Waals surface area contributed by atoms with Gasteiger partial charge in [-0.05, 0) is 18.2 Å². The minimum Gasteiger partial charge on any atom is -0.493 e. The highest BCUT2D eigenvalue weighted by Crippen LogP contribution is 2.37. The van der Waals surface area contributed by atoms with Crippen LogP contribution in [0, 0.1) is 10.1 Å². The second-order valence-corrected chi connectivity index (χ2v) is 5.68. The van der Waals surface area contributed by atoms with Crippen molar-refractivity contribution in [3.8, 4) is 5.75 Å². The van der Waals surface area contributed by atoms with Gasteiger partial charge in [0, 0.05) is 41.5 Å². The Bertz CT molecular complexity index is 926. The first-order valence-electron chi connectivity index (χ1n) is 7.73. The van der Waals surface area contributed by atoms with Crippen molar-refractivity contribution >= 4 is 22.1 Å². The summed E-state index contributed by atoms with van der Waals surface area (Å²) in [5, 5.41) is 16.1. The van der Waals surface area contributed by atoms with Gasteiger partial charge < -0.3 is 10.1 Å². The number of non-ortho nitro benzene ring substituents is 1. The molecule has 6 heteroatoms. The lowest BCUT2D eigenvalue weighted by Gasteiger charge is -2.27. The van der Waals surface area contributed by atoms with Gasteiger partial charge in [-0.25, -0.2) is 0 Å². The van der Waals surface area contributed by atoms with Crippen LogP contribution in [0.4, 0.5) is 11.4 Å². The number of nitro groups is 1. The summed E-state index contributed by atoms with van der Waals surface area (Å²) in [5.74, 6) is 0.883. The first-order chi connectivity index (χ1) is 11.7. The van der Waals surface area contributed by atoms with Crippen LogP contribution >= 0.6 is 0 Å². The van der Waals surface area contributed by atoms with Crippen molar-refractivity contribution in [2.75, 3.05) is 11.9 Å². The monoisotopic (exact) mass is 321 g/mol. The Kier molecular flexibility index (Phi) is 3.49. The molecule has 1 aliphatic heterocycles. The van der Waals surface area contributed by atoms with E-state index in [1.54, 1.807) is 18.3 Å². The van der Waals surface area contributed by atoms with Crippen LogP contribution in [-0.2, 0) is 0 Å². The molecule has 1 atom stereocenters. The zero-order valence-electron chi connectivity index (χ0n) is 12.8. The number of para-hydroxylation sites is 1. The van der Waals surface area contributed by atoms with Crippen LogP contribution in [0.2, 0.25) is 0 Å². The van der Waals surface area contributed by atoms with Crippen molar-refractivity contribution in [1.29, 1.82) is 0 Å². The summed E-state index contributed by atoms with van der Waals surface area (Å²) in [7, 11) is 0. The molecule has 0 radical (unpaired) electrons. The summed E-state index contributed by atoms with van der Waals surface area (Å²) in [5.41, 5.74) is 2.03. The maximum Gasteiger partial charge on any atom is 0.278 e. The van der Waals surface area contributed by atoms with Gasteiger partial charge in [0.2, 0.25) is 0 Å². The molecular formula is C18H15N3O3. The van der Waals surface area contributed by atoms with Crippen LogP contribution < -0.4 is 10.1 Å². The highest BCUT2D eigenvalue weighted by Gasteiger charge is 2.22. The summed E-state index contributed by atoms with van der Waals surface area (Å²) < 4.78 is 5.69. The minimum atomic E-state index is -0.377. The highest BCUT2D eigenvalue weighted by molar-refractivity contribution is 5.99. The first kappa shape index (κ1) is 14.4. The molecule has 0 amide bonds. The number of nitro benzene ring substituents is 1. The van der Waals surface area contributed by atoms with E-state index in [9.17, 15) is 10.1 Å². The van der Waals surface area contributed by atoms with E-state index < -0.39 is 0 Å². The van der Waals surface area contributed by atoms with Crippen LogP contribution in [-0.4, -0.2) is 16.5 Å². The standard InChI is InChI=1S/C18H15N3O3/c22-21(23)17-6-5-15(12-7-9-19-11-14(12)17)20-16-8-10-24-18-4-2-1-3-13(16)18/h1-7,9,11,16,20H,8,10H2. The molecule has 2 aromatic carbocycles. The average molecular weight is 321 g/mol. The number of nitrogens with one attached hydrogen (secondary N) is 1. The lowest BCUT2D eigenvalue weighted by molar-refractivity contribution is -0.383. The summed E-state index contributed by atoms with van der Waals surface area (Å²) in [6.45, 7) is 0.640. The Labute approximate surface area is 138 Å². The largest absolute Gasteiger partial charge is 0.493 e. The van der Waals surface area contributed by atoms with E-state index in [1.165, 1.54) is 12.3 Å². The lowest BCUT2D eigenvalue weighted by atomic mass is 9.99.